The van der Waals surface area contributed by atoms with Crippen LogP contribution in [0.25, 0.3) is 0 Å². The number of rotatable bonds is 5. The second-order valence-electron chi connectivity index (χ2n) is 6.91. The summed E-state index contributed by atoms with van der Waals surface area (Å²) in [5.41, 5.74) is -0.187. The molecule has 0 aliphatic carbocycles. The predicted molar refractivity (Wildman–Crippen MR) is 77.8 cm³/mol. The fourth-order valence-electron chi connectivity index (χ4n) is 2.46. The van der Waals surface area contributed by atoms with Gasteiger partial charge in [-0.15, -0.1) is 0 Å². The van der Waals surface area contributed by atoms with E-state index in [1.165, 1.54) is 0 Å². The SMILES string of the molecule is CC(C)(C)OC(=O)N[C@H](C=O)CC=CN1CC2(COC2)C1. The quantitative estimate of drug-likeness (QED) is 0.775. The van der Waals surface area contributed by atoms with Crippen molar-refractivity contribution in [3.8, 4) is 0 Å². The van der Waals surface area contributed by atoms with E-state index >= 15 is 0 Å². The molecule has 2 heterocycles. The Hall–Kier alpha value is -1.56. The van der Waals surface area contributed by atoms with Crippen molar-refractivity contribution in [2.45, 2.75) is 38.8 Å². The minimum atomic E-state index is -0.567. The number of ether oxygens (including phenoxy) is 2. The maximum absolute atomic E-state index is 11.6. The van der Waals surface area contributed by atoms with Gasteiger partial charge in [0.15, 0.2) is 0 Å². The number of nitrogens with zero attached hydrogens (tertiary/aromatic N) is 1. The number of aldehydes is 1. The lowest BCUT2D eigenvalue weighted by Crippen LogP contribution is -2.64. The van der Waals surface area contributed by atoms with Gasteiger partial charge in [0.25, 0.3) is 0 Å². The molecule has 6 heteroatoms. The van der Waals surface area contributed by atoms with Gasteiger partial charge >= 0.3 is 6.09 Å². The van der Waals surface area contributed by atoms with Gasteiger partial charge in [0.1, 0.15) is 11.9 Å². The van der Waals surface area contributed by atoms with Gasteiger partial charge in [0.05, 0.1) is 24.7 Å². The number of carbonyl (C=O) groups is 2. The molecule has 6 nitrogen and oxygen atoms in total. The third kappa shape index (κ3) is 4.46. The van der Waals surface area contributed by atoms with Crippen molar-refractivity contribution in [3.63, 3.8) is 0 Å². The van der Waals surface area contributed by atoms with Gasteiger partial charge in [0.2, 0.25) is 0 Å². The molecule has 2 fully saturated rings. The highest BCUT2D eigenvalue weighted by atomic mass is 16.6. The van der Waals surface area contributed by atoms with Crippen LogP contribution in [0.3, 0.4) is 0 Å². The van der Waals surface area contributed by atoms with Gasteiger partial charge in [-0.2, -0.15) is 0 Å². The number of nitrogens with one attached hydrogen (secondary N) is 1. The standard InChI is InChI=1S/C15H24N2O4/c1-14(2,3)21-13(19)16-12(7-18)5-4-6-17-8-15(9-17)10-20-11-15/h4,6-7,12H,5,8-11H2,1-3H3,(H,16,19)/t12-/m0/s1. The zero-order valence-corrected chi connectivity index (χ0v) is 12.9. The number of hydrogen-bond donors (Lipinski definition) is 1. The number of likely N-dealkylation sites (tertiary alicyclic amines) is 1. The maximum Gasteiger partial charge on any atom is 0.408 e. The lowest BCUT2D eigenvalue weighted by molar-refractivity contribution is -0.176. The Morgan fingerprint density at radius 2 is 2.10 bits per heavy atom. The molecule has 0 unspecified atom stereocenters. The first-order valence-corrected chi connectivity index (χ1v) is 7.25. The largest absolute Gasteiger partial charge is 0.444 e. The third-order valence-electron chi connectivity index (χ3n) is 3.47. The van der Waals surface area contributed by atoms with Crippen LogP contribution in [0.15, 0.2) is 12.3 Å². The molecule has 1 N–H and O–H groups in total. The van der Waals surface area contributed by atoms with Crippen molar-refractivity contribution < 1.29 is 19.1 Å². The van der Waals surface area contributed by atoms with Crippen molar-refractivity contribution in [2.75, 3.05) is 26.3 Å². The summed E-state index contributed by atoms with van der Waals surface area (Å²) < 4.78 is 10.3. The molecule has 1 spiro atoms. The smallest absolute Gasteiger partial charge is 0.408 e. The number of hydrogen-bond acceptors (Lipinski definition) is 5. The zero-order valence-electron chi connectivity index (χ0n) is 12.9. The summed E-state index contributed by atoms with van der Waals surface area (Å²) in [4.78, 5) is 24.8. The van der Waals surface area contributed by atoms with Gasteiger partial charge in [-0.1, -0.05) is 6.08 Å². The highest BCUT2D eigenvalue weighted by Crippen LogP contribution is 2.37. The maximum atomic E-state index is 11.6. The normalized spacial score (nSPS) is 21.6. The topological polar surface area (TPSA) is 67.9 Å². The number of carbonyl (C=O) groups excluding carboxylic acids is 2. The van der Waals surface area contributed by atoms with Crippen LogP contribution in [0.4, 0.5) is 4.79 Å². The van der Waals surface area contributed by atoms with Gasteiger partial charge in [-0.25, -0.2) is 4.79 Å². The molecule has 21 heavy (non-hydrogen) atoms. The van der Waals surface area contributed by atoms with Crippen molar-refractivity contribution in [3.05, 3.63) is 12.3 Å². The van der Waals surface area contributed by atoms with Crippen LogP contribution in [-0.4, -0.2) is 55.2 Å². The van der Waals surface area contributed by atoms with Crippen LogP contribution in [0.5, 0.6) is 0 Å². The Kier molecular flexibility index (Phi) is 4.56. The first-order chi connectivity index (χ1) is 9.82. The number of alkyl carbamates (subject to hydrolysis) is 1. The first kappa shape index (κ1) is 15.8. The van der Waals surface area contributed by atoms with Crippen LogP contribution < -0.4 is 5.32 Å². The lowest BCUT2D eigenvalue weighted by Gasteiger charge is -2.54. The predicted octanol–water partition coefficient (Wildman–Crippen LogP) is 1.31. The molecule has 0 bridgehead atoms. The molecule has 2 saturated heterocycles. The molecule has 2 aliphatic rings. The molecule has 0 radical (unpaired) electrons. The van der Waals surface area contributed by atoms with Crippen LogP contribution in [0, 0.1) is 5.41 Å². The monoisotopic (exact) mass is 296 g/mol. The van der Waals surface area contributed by atoms with Crippen LogP contribution in [0.2, 0.25) is 0 Å². The highest BCUT2D eigenvalue weighted by Gasteiger charge is 2.47. The van der Waals surface area contributed by atoms with Gasteiger partial charge in [0, 0.05) is 13.1 Å². The lowest BCUT2D eigenvalue weighted by atomic mass is 9.78. The summed E-state index contributed by atoms with van der Waals surface area (Å²) >= 11 is 0. The molecule has 118 valence electrons. The highest BCUT2D eigenvalue weighted by molar-refractivity contribution is 5.73. The molecule has 1 amide bonds. The second kappa shape index (κ2) is 6.05. The van der Waals surface area contributed by atoms with E-state index in [1.807, 2.05) is 12.3 Å². The van der Waals surface area contributed by atoms with Crippen LogP contribution in [-0.2, 0) is 14.3 Å². The zero-order chi connectivity index (χ0) is 15.5. The summed E-state index contributed by atoms with van der Waals surface area (Å²) in [7, 11) is 0. The minimum absolute atomic E-state index is 0.378. The Morgan fingerprint density at radius 3 is 2.57 bits per heavy atom. The van der Waals surface area contributed by atoms with Crippen LogP contribution >= 0.6 is 0 Å². The molecule has 0 aromatic carbocycles. The van der Waals surface area contributed by atoms with Crippen molar-refractivity contribution in [1.82, 2.24) is 10.2 Å². The average molecular weight is 296 g/mol. The molecular weight excluding hydrogens is 272 g/mol. The summed E-state index contributed by atoms with van der Waals surface area (Å²) in [6.07, 6.45) is 4.51. The molecule has 0 saturated carbocycles. The van der Waals surface area contributed by atoms with Gasteiger partial charge in [-0.05, 0) is 33.4 Å². The Bertz CT molecular complexity index is 416. The Morgan fingerprint density at radius 1 is 1.43 bits per heavy atom. The molecule has 1 atom stereocenters. The molecule has 2 rings (SSSR count). The minimum Gasteiger partial charge on any atom is -0.444 e. The molecule has 0 aromatic rings. The molecule has 0 aromatic heterocycles. The van der Waals surface area contributed by atoms with E-state index in [0.717, 1.165) is 32.6 Å². The van der Waals surface area contributed by atoms with E-state index in [9.17, 15) is 9.59 Å². The molecular formula is C15H24N2O4. The third-order valence-corrected chi connectivity index (χ3v) is 3.47. The number of amides is 1. The van der Waals surface area contributed by atoms with E-state index in [4.69, 9.17) is 9.47 Å². The fourth-order valence-corrected chi connectivity index (χ4v) is 2.46. The van der Waals surface area contributed by atoms with Crippen molar-refractivity contribution in [1.29, 1.82) is 0 Å². The summed E-state index contributed by atoms with van der Waals surface area (Å²) in [5.74, 6) is 0. The Balaban J connectivity index is 1.67. The summed E-state index contributed by atoms with van der Waals surface area (Å²) in [6.45, 7) is 9.08. The first-order valence-electron chi connectivity index (χ1n) is 7.25. The van der Waals surface area contributed by atoms with Crippen molar-refractivity contribution >= 4 is 12.4 Å². The van der Waals surface area contributed by atoms with Crippen molar-refractivity contribution in [2.24, 2.45) is 5.41 Å². The van der Waals surface area contributed by atoms with E-state index in [2.05, 4.69) is 10.2 Å². The second-order valence-corrected chi connectivity index (χ2v) is 6.91. The van der Waals surface area contributed by atoms with Crippen LogP contribution in [0.1, 0.15) is 27.2 Å². The summed E-state index contributed by atoms with van der Waals surface area (Å²) in [6, 6.07) is -0.557. The van der Waals surface area contributed by atoms with Gasteiger partial charge < -0.3 is 24.5 Å². The Labute approximate surface area is 125 Å². The molecule has 2 aliphatic heterocycles. The van der Waals surface area contributed by atoms with E-state index in [1.54, 1.807) is 20.8 Å². The van der Waals surface area contributed by atoms with E-state index < -0.39 is 17.7 Å². The van der Waals surface area contributed by atoms with E-state index in [-0.39, 0.29) is 0 Å². The van der Waals surface area contributed by atoms with E-state index in [0.29, 0.717) is 11.8 Å². The average Bonchev–Trinajstić information content (AvgIpc) is 2.25. The summed E-state index contributed by atoms with van der Waals surface area (Å²) in [5, 5.41) is 2.55. The fraction of sp³-hybridized carbons (Fsp3) is 0.733. The van der Waals surface area contributed by atoms with Gasteiger partial charge in [-0.3, -0.25) is 0 Å².